The molecule has 0 saturated heterocycles. The molecule has 0 aromatic heterocycles. The quantitative estimate of drug-likeness (QED) is 0.507. The van der Waals surface area contributed by atoms with E-state index in [1.165, 1.54) is 11.1 Å². The van der Waals surface area contributed by atoms with Gasteiger partial charge >= 0.3 is 0 Å². The number of hydrogen-bond donors (Lipinski definition) is 3. The summed E-state index contributed by atoms with van der Waals surface area (Å²) in [6.07, 6.45) is 0.754. The SMILES string of the molecule is NC1Cc2ccccc2C(N)N1. The molecule has 1 aliphatic heterocycles. The molecule has 0 radical (unpaired) electrons. The van der Waals surface area contributed by atoms with E-state index in [1.54, 1.807) is 0 Å². The summed E-state index contributed by atoms with van der Waals surface area (Å²) >= 11 is 0. The number of benzene rings is 1. The van der Waals surface area contributed by atoms with Crippen LogP contribution < -0.4 is 16.8 Å². The Morgan fingerprint density at radius 3 is 2.83 bits per heavy atom. The Hall–Kier alpha value is -0.900. The summed E-state index contributed by atoms with van der Waals surface area (Å²) in [6.45, 7) is 0. The molecule has 12 heavy (non-hydrogen) atoms. The Bertz CT molecular complexity index is 285. The molecule has 3 nitrogen and oxygen atoms in total. The fraction of sp³-hybridized carbons (Fsp3) is 0.333. The average Bonchev–Trinajstić information content (AvgIpc) is 2.04. The van der Waals surface area contributed by atoms with Crippen molar-refractivity contribution in [2.24, 2.45) is 11.5 Å². The maximum atomic E-state index is 5.85. The van der Waals surface area contributed by atoms with Gasteiger partial charge in [-0.05, 0) is 11.1 Å². The van der Waals surface area contributed by atoms with E-state index >= 15 is 0 Å². The molecule has 1 aliphatic rings. The molecule has 0 saturated carbocycles. The third kappa shape index (κ3) is 1.22. The number of hydrogen-bond acceptors (Lipinski definition) is 3. The van der Waals surface area contributed by atoms with E-state index in [0.717, 1.165) is 6.42 Å². The van der Waals surface area contributed by atoms with Crippen molar-refractivity contribution < 1.29 is 0 Å². The highest BCUT2D eigenvalue weighted by Gasteiger charge is 2.19. The molecule has 2 atom stereocenters. The second kappa shape index (κ2) is 2.86. The molecule has 5 N–H and O–H groups in total. The minimum Gasteiger partial charge on any atom is -0.316 e. The van der Waals surface area contributed by atoms with E-state index in [2.05, 4.69) is 11.4 Å². The van der Waals surface area contributed by atoms with Gasteiger partial charge in [0.15, 0.2) is 0 Å². The van der Waals surface area contributed by atoms with Gasteiger partial charge < -0.3 is 11.5 Å². The van der Waals surface area contributed by atoms with Gasteiger partial charge in [-0.3, -0.25) is 5.32 Å². The zero-order valence-electron chi connectivity index (χ0n) is 6.83. The van der Waals surface area contributed by atoms with Crippen molar-refractivity contribution in [3.63, 3.8) is 0 Å². The lowest BCUT2D eigenvalue weighted by Crippen LogP contribution is -2.48. The summed E-state index contributed by atoms with van der Waals surface area (Å²) in [7, 11) is 0. The van der Waals surface area contributed by atoms with Crippen molar-refractivity contribution in [2.75, 3.05) is 0 Å². The third-order valence-electron chi connectivity index (χ3n) is 2.22. The highest BCUT2D eigenvalue weighted by atomic mass is 15.1. The van der Waals surface area contributed by atoms with Crippen LogP contribution in [-0.4, -0.2) is 6.17 Å². The van der Waals surface area contributed by atoms with Gasteiger partial charge in [0.05, 0.1) is 12.3 Å². The van der Waals surface area contributed by atoms with Crippen LogP contribution in [0.15, 0.2) is 24.3 Å². The zero-order chi connectivity index (χ0) is 8.55. The molecule has 0 spiro atoms. The topological polar surface area (TPSA) is 64.1 Å². The van der Waals surface area contributed by atoms with Crippen LogP contribution >= 0.6 is 0 Å². The van der Waals surface area contributed by atoms with E-state index in [0.29, 0.717) is 0 Å². The Kier molecular flexibility index (Phi) is 1.84. The summed E-state index contributed by atoms with van der Waals surface area (Å²) in [4.78, 5) is 0. The molecule has 0 fully saturated rings. The van der Waals surface area contributed by atoms with Gasteiger partial charge in [0, 0.05) is 6.42 Å². The molecule has 2 unspecified atom stereocenters. The predicted molar refractivity (Wildman–Crippen MR) is 48.2 cm³/mol. The lowest BCUT2D eigenvalue weighted by Gasteiger charge is -2.28. The second-order valence-corrected chi connectivity index (χ2v) is 3.15. The summed E-state index contributed by atoms with van der Waals surface area (Å²) < 4.78 is 0. The Morgan fingerprint density at radius 2 is 2.00 bits per heavy atom. The summed E-state index contributed by atoms with van der Waals surface area (Å²) in [6, 6.07) is 8.13. The highest BCUT2D eigenvalue weighted by Crippen LogP contribution is 2.19. The molecule has 3 heteroatoms. The number of nitrogens with two attached hydrogens (primary N) is 2. The van der Waals surface area contributed by atoms with Crippen molar-refractivity contribution in [1.82, 2.24) is 5.32 Å². The maximum absolute atomic E-state index is 5.85. The minimum atomic E-state index is -0.107. The standard InChI is InChI=1S/C9H13N3/c10-8-5-6-3-1-2-4-7(6)9(11)12-8/h1-4,8-9,12H,5,10-11H2. The first-order valence-corrected chi connectivity index (χ1v) is 4.12. The van der Waals surface area contributed by atoms with Crippen molar-refractivity contribution >= 4 is 0 Å². The normalized spacial score (nSPS) is 28.2. The molecule has 0 amide bonds. The molecule has 0 aliphatic carbocycles. The smallest absolute Gasteiger partial charge is 0.0824 e. The van der Waals surface area contributed by atoms with Crippen LogP contribution in [0, 0.1) is 0 Å². The van der Waals surface area contributed by atoms with E-state index in [9.17, 15) is 0 Å². The van der Waals surface area contributed by atoms with Crippen LogP contribution in [-0.2, 0) is 6.42 Å². The molecular weight excluding hydrogens is 150 g/mol. The lowest BCUT2D eigenvalue weighted by atomic mass is 9.97. The largest absolute Gasteiger partial charge is 0.316 e. The average molecular weight is 163 g/mol. The number of fused-ring (bicyclic) bond motifs is 1. The first kappa shape index (κ1) is 7.73. The minimum absolute atomic E-state index is 0.00472. The van der Waals surface area contributed by atoms with E-state index in [4.69, 9.17) is 11.5 Å². The number of rotatable bonds is 0. The molecule has 1 heterocycles. The van der Waals surface area contributed by atoms with Crippen LogP contribution in [0.5, 0.6) is 0 Å². The van der Waals surface area contributed by atoms with Gasteiger partial charge in [-0.1, -0.05) is 24.3 Å². The van der Waals surface area contributed by atoms with Crippen molar-refractivity contribution in [2.45, 2.75) is 18.8 Å². The van der Waals surface area contributed by atoms with E-state index in [-0.39, 0.29) is 12.3 Å². The Labute approximate surface area is 71.8 Å². The number of nitrogens with one attached hydrogen (secondary N) is 1. The monoisotopic (exact) mass is 163 g/mol. The van der Waals surface area contributed by atoms with Gasteiger partial charge in [0.1, 0.15) is 0 Å². The van der Waals surface area contributed by atoms with E-state index in [1.807, 2.05) is 18.2 Å². The van der Waals surface area contributed by atoms with Crippen LogP contribution in [0.4, 0.5) is 0 Å². The van der Waals surface area contributed by atoms with E-state index < -0.39 is 0 Å². The van der Waals surface area contributed by atoms with Crippen molar-refractivity contribution in [3.8, 4) is 0 Å². The third-order valence-corrected chi connectivity index (χ3v) is 2.22. The first-order valence-electron chi connectivity index (χ1n) is 4.12. The van der Waals surface area contributed by atoms with Gasteiger partial charge in [0.25, 0.3) is 0 Å². The Morgan fingerprint density at radius 1 is 1.25 bits per heavy atom. The first-order chi connectivity index (χ1) is 5.77. The van der Waals surface area contributed by atoms with Crippen molar-refractivity contribution in [3.05, 3.63) is 35.4 Å². The van der Waals surface area contributed by atoms with Crippen LogP contribution in [0.25, 0.3) is 0 Å². The van der Waals surface area contributed by atoms with Gasteiger partial charge in [0.2, 0.25) is 0 Å². The van der Waals surface area contributed by atoms with Crippen molar-refractivity contribution in [1.29, 1.82) is 0 Å². The Balaban J connectivity index is 2.40. The van der Waals surface area contributed by atoms with Crippen LogP contribution in [0.1, 0.15) is 17.3 Å². The highest BCUT2D eigenvalue weighted by molar-refractivity contribution is 5.32. The molecule has 2 rings (SSSR count). The fourth-order valence-electron chi connectivity index (χ4n) is 1.64. The van der Waals surface area contributed by atoms with Gasteiger partial charge in [-0.2, -0.15) is 0 Å². The maximum Gasteiger partial charge on any atom is 0.0824 e. The fourth-order valence-corrected chi connectivity index (χ4v) is 1.64. The summed E-state index contributed by atoms with van der Waals surface area (Å²) in [5.74, 6) is 0. The van der Waals surface area contributed by atoms with Gasteiger partial charge in [-0.15, -0.1) is 0 Å². The molecule has 1 aromatic carbocycles. The second-order valence-electron chi connectivity index (χ2n) is 3.15. The summed E-state index contributed by atoms with van der Waals surface area (Å²) in [5.41, 5.74) is 14.0. The lowest BCUT2D eigenvalue weighted by molar-refractivity contribution is 0.418. The predicted octanol–water partition coefficient (Wildman–Crippen LogP) is 0.0744. The molecule has 0 bridgehead atoms. The summed E-state index contributed by atoms with van der Waals surface area (Å²) in [5, 5.41) is 3.09. The van der Waals surface area contributed by atoms with Gasteiger partial charge in [-0.25, -0.2) is 0 Å². The van der Waals surface area contributed by atoms with Crippen LogP contribution in [0.2, 0.25) is 0 Å². The molecular formula is C9H13N3. The molecule has 64 valence electrons. The van der Waals surface area contributed by atoms with Crippen LogP contribution in [0.3, 0.4) is 0 Å². The zero-order valence-corrected chi connectivity index (χ0v) is 6.83. The molecule has 1 aromatic rings.